The van der Waals surface area contributed by atoms with Crippen molar-refractivity contribution in [1.82, 2.24) is 4.90 Å². The molecule has 22 heavy (non-hydrogen) atoms. The maximum atomic E-state index is 12.5. The summed E-state index contributed by atoms with van der Waals surface area (Å²) in [6.45, 7) is 0.755. The molecule has 2 aliphatic rings. The number of hydrogen-bond donors (Lipinski definition) is 2. The van der Waals surface area contributed by atoms with Gasteiger partial charge in [-0.1, -0.05) is 0 Å². The van der Waals surface area contributed by atoms with Crippen LogP contribution in [0.15, 0.2) is 24.3 Å². The molecule has 1 aromatic carbocycles. The van der Waals surface area contributed by atoms with Gasteiger partial charge >= 0.3 is 5.97 Å². The Morgan fingerprint density at radius 1 is 1.05 bits per heavy atom. The second-order valence-corrected chi connectivity index (χ2v) is 6.10. The van der Waals surface area contributed by atoms with Crippen LogP contribution in [0.5, 0.6) is 0 Å². The van der Waals surface area contributed by atoms with E-state index in [9.17, 15) is 19.5 Å². The van der Waals surface area contributed by atoms with E-state index in [4.69, 9.17) is 5.73 Å². The molecule has 2 amide bonds. The van der Waals surface area contributed by atoms with Crippen LogP contribution in [-0.4, -0.2) is 40.9 Å². The number of nitrogens with zero attached hydrogens (tertiary/aromatic N) is 1. The van der Waals surface area contributed by atoms with Crippen LogP contribution in [0, 0.1) is 17.8 Å². The molecule has 1 heterocycles. The molecular formula is C16H18N2O4. The van der Waals surface area contributed by atoms with E-state index < -0.39 is 17.8 Å². The third-order valence-corrected chi connectivity index (χ3v) is 4.61. The van der Waals surface area contributed by atoms with Crippen LogP contribution < -0.4 is 5.73 Å². The quantitative estimate of drug-likeness (QED) is 0.865. The largest absolute Gasteiger partial charge is 0.481 e. The van der Waals surface area contributed by atoms with Crippen molar-refractivity contribution in [3.8, 4) is 0 Å². The standard InChI is InChI=1S/C16H18N2O4/c17-14(19)10-3-5-11(6-4-10)15(20)18-7-12(9-1-2-9)13(8-18)16(21)22/h3-6,9,12-13H,1-2,7-8H2,(H2,17,19)(H,21,22)/t12-,13+/m1/s1. The van der Waals surface area contributed by atoms with E-state index in [0.29, 0.717) is 23.6 Å². The number of carbonyl (C=O) groups is 3. The van der Waals surface area contributed by atoms with Gasteiger partial charge in [-0.05, 0) is 48.9 Å². The van der Waals surface area contributed by atoms with Gasteiger partial charge in [0, 0.05) is 24.2 Å². The fourth-order valence-electron chi connectivity index (χ4n) is 3.22. The molecule has 1 aliphatic carbocycles. The molecule has 6 nitrogen and oxygen atoms in total. The molecule has 1 saturated heterocycles. The van der Waals surface area contributed by atoms with Gasteiger partial charge in [-0.15, -0.1) is 0 Å². The Kier molecular flexibility index (Phi) is 3.60. The number of hydrogen-bond acceptors (Lipinski definition) is 3. The molecule has 0 radical (unpaired) electrons. The minimum Gasteiger partial charge on any atom is -0.481 e. The number of carboxylic acid groups (broad SMARTS) is 1. The summed E-state index contributed by atoms with van der Waals surface area (Å²) in [5.41, 5.74) is 5.97. The number of amides is 2. The summed E-state index contributed by atoms with van der Waals surface area (Å²) in [6, 6.07) is 6.14. The molecule has 3 rings (SSSR count). The Hall–Kier alpha value is -2.37. The molecule has 0 unspecified atom stereocenters. The van der Waals surface area contributed by atoms with Crippen molar-refractivity contribution in [3.05, 3.63) is 35.4 Å². The van der Waals surface area contributed by atoms with Crippen LogP contribution in [0.4, 0.5) is 0 Å². The zero-order chi connectivity index (χ0) is 15.9. The first-order chi connectivity index (χ1) is 10.5. The lowest BCUT2D eigenvalue weighted by Gasteiger charge is -2.16. The SMILES string of the molecule is NC(=O)c1ccc(C(=O)N2C[C@H](C(=O)O)[C@@H](C3CC3)C2)cc1. The van der Waals surface area contributed by atoms with Gasteiger partial charge < -0.3 is 15.7 Å². The maximum absolute atomic E-state index is 12.5. The molecule has 0 spiro atoms. The zero-order valence-corrected chi connectivity index (χ0v) is 12.1. The van der Waals surface area contributed by atoms with Crippen LogP contribution in [0.25, 0.3) is 0 Å². The first-order valence-corrected chi connectivity index (χ1v) is 7.39. The van der Waals surface area contributed by atoms with Crippen molar-refractivity contribution in [2.75, 3.05) is 13.1 Å². The number of carbonyl (C=O) groups excluding carboxylic acids is 2. The van der Waals surface area contributed by atoms with Crippen molar-refractivity contribution in [1.29, 1.82) is 0 Å². The highest BCUT2D eigenvalue weighted by Crippen LogP contribution is 2.44. The summed E-state index contributed by atoms with van der Waals surface area (Å²) in [7, 11) is 0. The van der Waals surface area contributed by atoms with E-state index in [1.54, 1.807) is 17.0 Å². The van der Waals surface area contributed by atoms with Gasteiger partial charge in [0.15, 0.2) is 0 Å². The van der Waals surface area contributed by atoms with E-state index in [0.717, 1.165) is 12.8 Å². The number of aliphatic carboxylic acids is 1. The number of likely N-dealkylation sites (tertiary alicyclic amines) is 1. The Balaban J connectivity index is 1.74. The lowest BCUT2D eigenvalue weighted by molar-refractivity contribution is -0.142. The predicted octanol–water partition coefficient (Wildman–Crippen LogP) is 0.968. The molecule has 3 N–H and O–H groups in total. The molecule has 6 heteroatoms. The monoisotopic (exact) mass is 302 g/mol. The van der Waals surface area contributed by atoms with Crippen LogP contribution >= 0.6 is 0 Å². The third kappa shape index (κ3) is 2.68. The number of benzene rings is 1. The zero-order valence-electron chi connectivity index (χ0n) is 12.1. The molecule has 2 atom stereocenters. The lowest BCUT2D eigenvalue weighted by atomic mass is 9.92. The molecule has 0 aromatic heterocycles. The van der Waals surface area contributed by atoms with E-state index in [2.05, 4.69) is 0 Å². The Morgan fingerprint density at radius 2 is 1.64 bits per heavy atom. The highest BCUT2D eigenvalue weighted by molar-refractivity contribution is 5.97. The van der Waals surface area contributed by atoms with E-state index >= 15 is 0 Å². The van der Waals surface area contributed by atoms with Crippen molar-refractivity contribution in [2.45, 2.75) is 12.8 Å². The highest BCUT2D eigenvalue weighted by atomic mass is 16.4. The van der Waals surface area contributed by atoms with Gasteiger partial charge in [-0.25, -0.2) is 0 Å². The van der Waals surface area contributed by atoms with Gasteiger partial charge in [0.1, 0.15) is 0 Å². The Labute approximate surface area is 127 Å². The van der Waals surface area contributed by atoms with Crippen molar-refractivity contribution < 1.29 is 19.5 Å². The fraction of sp³-hybridized carbons (Fsp3) is 0.438. The molecule has 116 valence electrons. The maximum Gasteiger partial charge on any atom is 0.308 e. The highest BCUT2D eigenvalue weighted by Gasteiger charge is 2.46. The van der Waals surface area contributed by atoms with Crippen LogP contribution in [-0.2, 0) is 4.79 Å². The topological polar surface area (TPSA) is 101 Å². The van der Waals surface area contributed by atoms with Crippen molar-refractivity contribution in [3.63, 3.8) is 0 Å². The summed E-state index contributed by atoms with van der Waals surface area (Å²) in [5, 5.41) is 9.34. The number of rotatable bonds is 4. The Bertz CT molecular complexity index is 622. The third-order valence-electron chi connectivity index (χ3n) is 4.61. The van der Waals surface area contributed by atoms with Crippen LogP contribution in [0.3, 0.4) is 0 Å². The van der Waals surface area contributed by atoms with E-state index in [1.807, 2.05) is 0 Å². The molecular weight excluding hydrogens is 284 g/mol. The first-order valence-electron chi connectivity index (χ1n) is 7.39. The summed E-state index contributed by atoms with van der Waals surface area (Å²) < 4.78 is 0. The van der Waals surface area contributed by atoms with E-state index in [-0.39, 0.29) is 18.4 Å². The summed E-state index contributed by atoms with van der Waals surface area (Å²) in [5.74, 6) is -1.52. The average Bonchev–Trinajstić information content (AvgIpc) is 3.25. The smallest absolute Gasteiger partial charge is 0.308 e. The minimum absolute atomic E-state index is 0.0614. The predicted molar refractivity (Wildman–Crippen MR) is 78.2 cm³/mol. The summed E-state index contributed by atoms with van der Waals surface area (Å²) >= 11 is 0. The lowest BCUT2D eigenvalue weighted by Crippen LogP contribution is -2.30. The molecule has 1 saturated carbocycles. The van der Waals surface area contributed by atoms with Crippen molar-refractivity contribution in [2.24, 2.45) is 23.5 Å². The van der Waals surface area contributed by atoms with Gasteiger partial charge in [0.05, 0.1) is 5.92 Å². The summed E-state index contributed by atoms with van der Waals surface area (Å²) in [4.78, 5) is 36.5. The summed E-state index contributed by atoms with van der Waals surface area (Å²) in [6.07, 6.45) is 2.12. The number of primary amides is 1. The average molecular weight is 302 g/mol. The minimum atomic E-state index is -0.823. The van der Waals surface area contributed by atoms with Gasteiger partial charge in [0.2, 0.25) is 5.91 Å². The molecule has 1 aromatic rings. The van der Waals surface area contributed by atoms with Crippen LogP contribution in [0.2, 0.25) is 0 Å². The molecule has 0 bridgehead atoms. The second-order valence-electron chi connectivity index (χ2n) is 6.10. The second kappa shape index (κ2) is 5.44. The number of carboxylic acids is 1. The Morgan fingerprint density at radius 3 is 2.14 bits per heavy atom. The van der Waals surface area contributed by atoms with Gasteiger partial charge in [0.25, 0.3) is 5.91 Å². The van der Waals surface area contributed by atoms with Gasteiger partial charge in [-0.2, -0.15) is 0 Å². The van der Waals surface area contributed by atoms with Gasteiger partial charge in [-0.3, -0.25) is 14.4 Å². The van der Waals surface area contributed by atoms with E-state index in [1.165, 1.54) is 12.1 Å². The first kappa shape index (κ1) is 14.6. The molecule has 2 fully saturated rings. The van der Waals surface area contributed by atoms with Crippen molar-refractivity contribution >= 4 is 17.8 Å². The molecule has 1 aliphatic heterocycles. The van der Waals surface area contributed by atoms with Crippen LogP contribution in [0.1, 0.15) is 33.6 Å². The normalized spacial score (nSPS) is 24.3. The fourth-order valence-corrected chi connectivity index (χ4v) is 3.22. The number of nitrogens with two attached hydrogens (primary N) is 1.